The normalized spacial score (nSPS) is 18.5. The van der Waals surface area contributed by atoms with Crippen molar-refractivity contribution in [2.75, 3.05) is 0 Å². The first-order valence-corrected chi connectivity index (χ1v) is 7.85. The van der Waals surface area contributed by atoms with Gasteiger partial charge in [0, 0.05) is 17.1 Å². The maximum atomic E-state index is 13.3. The van der Waals surface area contributed by atoms with E-state index in [-0.39, 0.29) is 11.9 Å². The van der Waals surface area contributed by atoms with E-state index >= 15 is 0 Å². The Bertz CT molecular complexity index is 641. The zero-order chi connectivity index (χ0) is 14.8. The van der Waals surface area contributed by atoms with Crippen LogP contribution in [0.3, 0.4) is 0 Å². The van der Waals surface area contributed by atoms with E-state index in [2.05, 4.69) is 18.3 Å². The van der Waals surface area contributed by atoms with Crippen LogP contribution in [0, 0.1) is 5.82 Å². The van der Waals surface area contributed by atoms with Crippen molar-refractivity contribution in [3.05, 3.63) is 70.0 Å². The van der Waals surface area contributed by atoms with Crippen LogP contribution in [0.25, 0.3) is 0 Å². The van der Waals surface area contributed by atoms with Gasteiger partial charge < -0.3 is 5.32 Å². The predicted octanol–water partition coefficient (Wildman–Crippen LogP) is 5.21. The summed E-state index contributed by atoms with van der Waals surface area (Å²) in [4.78, 5) is 0. The zero-order valence-corrected chi connectivity index (χ0v) is 12.8. The summed E-state index contributed by atoms with van der Waals surface area (Å²) in [6.45, 7) is 2.17. The van der Waals surface area contributed by atoms with Gasteiger partial charge in [-0.15, -0.1) is 0 Å². The number of hydrogen-bond acceptors (Lipinski definition) is 1. The summed E-state index contributed by atoms with van der Waals surface area (Å²) in [6.07, 6.45) is 2.96. The maximum Gasteiger partial charge on any atom is 0.123 e. The van der Waals surface area contributed by atoms with E-state index in [1.807, 2.05) is 24.3 Å². The fourth-order valence-electron chi connectivity index (χ4n) is 3.18. The highest BCUT2D eigenvalue weighted by Crippen LogP contribution is 2.34. The molecule has 110 valence electrons. The van der Waals surface area contributed by atoms with Gasteiger partial charge in [0.1, 0.15) is 5.82 Å². The average molecular weight is 304 g/mol. The Labute approximate surface area is 130 Å². The predicted molar refractivity (Wildman–Crippen MR) is 85.1 cm³/mol. The van der Waals surface area contributed by atoms with Crippen LogP contribution in [0.15, 0.2) is 42.5 Å². The standard InChI is InChI=1S/C18H19ClFN/c1-2-17(13-4-3-5-14(19)10-13)21-18-9-6-12-11-15(20)7-8-16(12)18/h3-5,7-8,10-11,17-18,21H,2,6,9H2,1H3. The molecule has 0 spiro atoms. The topological polar surface area (TPSA) is 12.0 Å². The molecular weight excluding hydrogens is 285 g/mol. The highest BCUT2D eigenvalue weighted by atomic mass is 35.5. The van der Waals surface area contributed by atoms with Crippen LogP contribution in [-0.2, 0) is 6.42 Å². The van der Waals surface area contributed by atoms with Gasteiger partial charge in [-0.1, -0.05) is 36.7 Å². The number of nitrogens with one attached hydrogen (secondary N) is 1. The molecule has 0 heterocycles. The van der Waals surface area contributed by atoms with E-state index in [1.165, 1.54) is 11.1 Å². The quantitative estimate of drug-likeness (QED) is 0.818. The lowest BCUT2D eigenvalue weighted by Crippen LogP contribution is -2.24. The summed E-state index contributed by atoms with van der Waals surface area (Å²) in [5.41, 5.74) is 3.57. The van der Waals surface area contributed by atoms with Crippen LogP contribution in [0.1, 0.15) is 48.5 Å². The van der Waals surface area contributed by atoms with Gasteiger partial charge in [0.25, 0.3) is 0 Å². The Balaban J connectivity index is 1.80. The number of fused-ring (bicyclic) bond motifs is 1. The second-order valence-corrected chi connectivity index (χ2v) is 6.05. The minimum absolute atomic E-state index is 0.142. The van der Waals surface area contributed by atoms with Crippen molar-refractivity contribution in [3.8, 4) is 0 Å². The first-order chi connectivity index (χ1) is 10.2. The largest absolute Gasteiger partial charge is 0.303 e. The molecule has 3 rings (SSSR count). The van der Waals surface area contributed by atoms with Crippen molar-refractivity contribution >= 4 is 11.6 Å². The van der Waals surface area contributed by atoms with E-state index in [0.29, 0.717) is 6.04 Å². The summed E-state index contributed by atoms with van der Waals surface area (Å²) in [5, 5.41) is 4.47. The van der Waals surface area contributed by atoms with Crippen molar-refractivity contribution < 1.29 is 4.39 Å². The average Bonchev–Trinajstić information content (AvgIpc) is 2.86. The summed E-state index contributed by atoms with van der Waals surface area (Å²) < 4.78 is 13.3. The molecule has 2 atom stereocenters. The molecule has 2 aromatic rings. The number of aryl methyl sites for hydroxylation is 1. The van der Waals surface area contributed by atoms with Gasteiger partial charge in [-0.05, 0) is 60.2 Å². The van der Waals surface area contributed by atoms with Crippen molar-refractivity contribution in [3.63, 3.8) is 0 Å². The first kappa shape index (κ1) is 14.6. The number of rotatable bonds is 4. The van der Waals surface area contributed by atoms with Gasteiger partial charge in [-0.25, -0.2) is 4.39 Å². The molecule has 0 bridgehead atoms. The Hall–Kier alpha value is -1.38. The second kappa shape index (κ2) is 6.17. The van der Waals surface area contributed by atoms with Crippen LogP contribution >= 0.6 is 11.6 Å². The number of hydrogen-bond donors (Lipinski definition) is 1. The molecule has 0 saturated carbocycles. The maximum absolute atomic E-state index is 13.3. The second-order valence-electron chi connectivity index (χ2n) is 5.62. The van der Waals surface area contributed by atoms with Crippen molar-refractivity contribution in [1.82, 2.24) is 5.32 Å². The van der Waals surface area contributed by atoms with E-state index in [4.69, 9.17) is 11.6 Å². The van der Waals surface area contributed by atoms with E-state index < -0.39 is 0 Å². The summed E-state index contributed by atoms with van der Waals surface area (Å²) >= 11 is 6.09. The summed E-state index contributed by atoms with van der Waals surface area (Å²) in [5.74, 6) is -0.142. The molecule has 3 heteroatoms. The third kappa shape index (κ3) is 3.12. The van der Waals surface area contributed by atoms with Gasteiger partial charge in [-0.3, -0.25) is 0 Å². The molecule has 1 aliphatic carbocycles. The van der Waals surface area contributed by atoms with Crippen molar-refractivity contribution in [2.45, 2.75) is 38.3 Å². The van der Waals surface area contributed by atoms with Crippen LogP contribution in [0.5, 0.6) is 0 Å². The molecule has 1 aliphatic rings. The van der Waals surface area contributed by atoms with Crippen LogP contribution < -0.4 is 5.32 Å². The molecule has 21 heavy (non-hydrogen) atoms. The fraction of sp³-hybridized carbons (Fsp3) is 0.333. The fourth-order valence-corrected chi connectivity index (χ4v) is 3.37. The Morgan fingerprint density at radius 1 is 1.29 bits per heavy atom. The molecule has 0 saturated heterocycles. The lowest BCUT2D eigenvalue weighted by molar-refractivity contribution is 0.433. The van der Waals surface area contributed by atoms with Gasteiger partial charge in [-0.2, -0.15) is 0 Å². The minimum Gasteiger partial charge on any atom is -0.303 e. The smallest absolute Gasteiger partial charge is 0.123 e. The number of halogens is 2. The third-order valence-electron chi connectivity index (χ3n) is 4.24. The Morgan fingerprint density at radius 2 is 2.14 bits per heavy atom. The monoisotopic (exact) mass is 303 g/mol. The van der Waals surface area contributed by atoms with E-state index in [9.17, 15) is 4.39 Å². The van der Waals surface area contributed by atoms with Crippen molar-refractivity contribution in [1.29, 1.82) is 0 Å². The highest BCUT2D eigenvalue weighted by molar-refractivity contribution is 6.30. The molecule has 0 radical (unpaired) electrons. The van der Waals surface area contributed by atoms with Crippen LogP contribution in [-0.4, -0.2) is 0 Å². The van der Waals surface area contributed by atoms with Gasteiger partial charge in [0.05, 0.1) is 0 Å². The highest BCUT2D eigenvalue weighted by Gasteiger charge is 2.25. The molecular formula is C18H19ClFN. The van der Waals surface area contributed by atoms with E-state index in [1.54, 1.807) is 12.1 Å². The van der Waals surface area contributed by atoms with Crippen LogP contribution in [0.4, 0.5) is 4.39 Å². The zero-order valence-electron chi connectivity index (χ0n) is 12.1. The molecule has 2 unspecified atom stereocenters. The molecule has 1 nitrogen and oxygen atoms in total. The molecule has 1 N–H and O–H groups in total. The molecule has 2 aromatic carbocycles. The summed E-state index contributed by atoms with van der Waals surface area (Å²) in [6, 6.07) is 13.7. The lowest BCUT2D eigenvalue weighted by atomic mass is 10.0. The van der Waals surface area contributed by atoms with E-state index in [0.717, 1.165) is 29.8 Å². The molecule has 0 aromatic heterocycles. The summed E-state index contributed by atoms with van der Waals surface area (Å²) in [7, 11) is 0. The first-order valence-electron chi connectivity index (χ1n) is 7.47. The SMILES string of the molecule is CCC(NC1CCc2cc(F)ccc21)c1cccc(Cl)c1. The lowest BCUT2D eigenvalue weighted by Gasteiger charge is -2.23. The molecule has 0 aliphatic heterocycles. The Morgan fingerprint density at radius 3 is 2.90 bits per heavy atom. The van der Waals surface area contributed by atoms with Crippen LogP contribution in [0.2, 0.25) is 5.02 Å². The van der Waals surface area contributed by atoms with Gasteiger partial charge in [0.2, 0.25) is 0 Å². The van der Waals surface area contributed by atoms with Gasteiger partial charge in [0.15, 0.2) is 0 Å². The molecule has 0 fully saturated rings. The molecule has 0 amide bonds. The van der Waals surface area contributed by atoms with Gasteiger partial charge >= 0.3 is 0 Å². The minimum atomic E-state index is -0.142. The Kier molecular flexibility index (Phi) is 4.27. The third-order valence-corrected chi connectivity index (χ3v) is 4.48. The number of benzene rings is 2. The van der Waals surface area contributed by atoms with Crippen molar-refractivity contribution in [2.24, 2.45) is 0 Å².